The van der Waals surface area contributed by atoms with Crippen molar-refractivity contribution in [3.63, 3.8) is 0 Å². The maximum atomic E-state index is 11.5. The zero-order valence-corrected chi connectivity index (χ0v) is 12.4. The normalized spacial score (nSPS) is 19.9. The number of nitrogens with zero attached hydrogens (tertiary/aromatic N) is 2. The molecule has 0 spiro atoms. The van der Waals surface area contributed by atoms with E-state index in [0.717, 1.165) is 56.8 Å². The van der Waals surface area contributed by atoms with E-state index in [9.17, 15) is 4.79 Å². The number of ether oxygens (including phenoxy) is 1. The minimum atomic E-state index is 0.533. The standard InChI is InChI=1S/C16H24N2O2/c1-17(2)15-6-4-3-5-7-16(15)18(13-19)12-14-8-10-20-11-9-14/h4-7,13-14H,3,8-12H2,1-2H3. The molecule has 110 valence electrons. The zero-order valence-electron chi connectivity index (χ0n) is 12.4. The molecule has 0 aromatic heterocycles. The molecule has 1 aliphatic carbocycles. The fraction of sp³-hybridized carbons (Fsp3) is 0.562. The molecule has 4 nitrogen and oxygen atoms in total. The molecule has 0 atom stereocenters. The van der Waals surface area contributed by atoms with Gasteiger partial charge in [0.2, 0.25) is 6.41 Å². The van der Waals surface area contributed by atoms with Crippen molar-refractivity contribution in [3.8, 4) is 0 Å². The molecule has 0 saturated carbocycles. The Balaban J connectivity index is 2.18. The van der Waals surface area contributed by atoms with Crippen LogP contribution in [0.1, 0.15) is 19.3 Å². The Hall–Kier alpha value is -1.55. The molecule has 0 aromatic rings. The molecule has 4 heteroatoms. The van der Waals surface area contributed by atoms with E-state index < -0.39 is 0 Å². The van der Waals surface area contributed by atoms with Crippen LogP contribution in [0.4, 0.5) is 0 Å². The fourth-order valence-electron chi connectivity index (χ4n) is 2.64. The summed E-state index contributed by atoms with van der Waals surface area (Å²) in [5, 5.41) is 0. The van der Waals surface area contributed by atoms with Gasteiger partial charge in [0.05, 0.1) is 11.4 Å². The number of amides is 1. The van der Waals surface area contributed by atoms with Crippen LogP contribution in [0.15, 0.2) is 35.7 Å². The predicted molar refractivity (Wildman–Crippen MR) is 79.9 cm³/mol. The number of carbonyl (C=O) groups excluding carboxylic acids is 1. The van der Waals surface area contributed by atoms with Gasteiger partial charge in [-0.3, -0.25) is 4.79 Å². The molecule has 2 aliphatic rings. The van der Waals surface area contributed by atoms with Gasteiger partial charge in [-0.15, -0.1) is 0 Å². The Morgan fingerprint density at radius 3 is 2.45 bits per heavy atom. The molecule has 2 rings (SSSR count). The smallest absolute Gasteiger partial charge is 0.214 e. The number of allylic oxidation sites excluding steroid dienone is 4. The van der Waals surface area contributed by atoms with Crippen LogP contribution in [0, 0.1) is 5.92 Å². The lowest BCUT2D eigenvalue weighted by molar-refractivity contribution is -0.117. The zero-order chi connectivity index (χ0) is 14.4. The Labute approximate surface area is 121 Å². The van der Waals surface area contributed by atoms with Gasteiger partial charge in [-0.1, -0.05) is 12.2 Å². The van der Waals surface area contributed by atoms with Gasteiger partial charge in [0.25, 0.3) is 0 Å². The fourth-order valence-corrected chi connectivity index (χ4v) is 2.64. The monoisotopic (exact) mass is 276 g/mol. The highest BCUT2D eigenvalue weighted by atomic mass is 16.5. The van der Waals surface area contributed by atoms with Gasteiger partial charge in [-0.05, 0) is 37.3 Å². The number of likely N-dealkylation sites (N-methyl/N-ethyl adjacent to an activating group) is 1. The minimum absolute atomic E-state index is 0.533. The molecule has 0 aromatic carbocycles. The van der Waals surface area contributed by atoms with Crippen molar-refractivity contribution in [1.29, 1.82) is 0 Å². The average molecular weight is 276 g/mol. The van der Waals surface area contributed by atoms with Gasteiger partial charge >= 0.3 is 0 Å². The van der Waals surface area contributed by atoms with Gasteiger partial charge in [-0.2, -0.15) is 0 Å². The summed E-state index contributed by atoms with van der Waals surface area (Å²) in [5.74, 6) is 0.533. The minimum Gasteiger partial charge on any atom is -0.381 e. The van der Waals surface area contributed by atoms with Gasteiger partial charge in [0.15, 0.2) is 0 Å². The highest BCUT2D eigenvalue weighted by molar-refractivity contribution is 5.55. The van der Waals surface area contributed by atoms with Crippen molar-refractivity contribution < 1.29 is 9.53 Å². The van der Waals surface area contributed by atoms with Crippen LogP contribution in [-0.4, -0.2) is 50.1 Å². The van der Waals surface area contributed by atoms with Crippen LogP contribution in [0.5, 0.6) is 0 Å². The van der Waals surface area contributed by atoms with E-state index in [0.29, 0.717) is 5.92 Å². The van der Waals surface area contributed by atoms with E-state index in [2.05, 4.69) is 29.2 Å². The Bertz CT molecular complexity index is 418. The number of hydrogen-bond acceptors (Lipinski definition) is 3. The number of hydrogen-bond donors (Lipinski definition) is 0. The molecule has 1 saturated heterocycles. The lowest BCUT2D eigenvalue weighted by Crippen LogP contribution is -2.32. The molecule has 0 unspecified atom stereocenters. The Morgan fingerprint density at radius 2 is 1.85 bits per heavy atom. The molecule has 0 bridgehead atoms. The quantitative estimate of drug-likeness (QED) is 0.721. The van der Waals surface area contributed by atoms with Crippen LogP contribution in [-0.2, 0) is 9.53 Å². The van der Waals surface area contributed by atoms with Crippen LogP contribution >= 0.6 is 0 Å². The lowest BCUT2D eigenvalue weighted by Gasteiger charge is -2.30. The molecule has 0 N–H and O–H groups in total. The van der Waals surface area contributed by atoms with Crippen molar-refractivity contribution in [1.82, 2.24) is 9.80 Å². The molecular formula is C16H24N2O2. The second-order valence-corrected chi connectivity index (χ2v) is 5.52. The van der Waals surface area contributed by atoms with Crippen LogP contribution in [0.2, 0.25) is 0 Å². The summed E-state index contributed by atoms with van der Waals surface area (Å²) >= 11 is 0. The third-order valence-electron chi connectivity index (χ3n) is 3.80. The Kier molecular flexibility index (Phi) is 5.41. The van der Waals surface area contributed by atoms with Crippen LogP contribution in [0.3, 0.4) is 0 Å². The van der Waals surface area contributed by atoms with Gasteiger partial charge < -0.3 is 14.5 Å². The SMILES string of the molecule is CN(C)C1=C(N(C=O)CC2CCOCC2)C=CCC=C1. The molecule has 1 heterocycles. The summed E-state index contributed by atoms with van der Waals surface area (Å²) in [6.45, 7) is 2.40. The maximum absolute atomic E-state index is 11.5. The van der Waals surface area contributed by atoms with E-state index in [4.69, 9.17) is 4.74 Å². The van der Waals surface area contributed by atoms with Crippen molar-refractivity contribution in [2.75, 3.05) is 33.9 Å². The molecule has 0 radical (unpaired) electrons. The van der Waals surface area contributed by atoms with Crippen LogP contribution in [0.25, 0.3) is 0 Å². The predicted octanol–water partition coefficient (Wildman–Crippen LogP) is 2.16. The summed E-state index contributed by atoms with van der Waals surface area (Å²) < 4.78 is 5.39. The number of rotatable bonds is 5. The summed E-state index contributed by atoms with van der Waals surface area (Å²) in [5.41, 5.74) is 2.07. The maximum Gasteiger partial charge on any atom is 0.214 e. The average Bonchev–Trinajstić information content (AvgIpc) is 2.71. The summed E-state index contributed by atoms with van der Waals surface area (Å²) in [7, 11) is 4.02. The number of carbonyl (C=O) groups is 1. The van der Waals surface area contributed by atoms with Gasteiger partial charge in [0.1, 0.15) is 0 Å². The second-order valence-electron chi connectivity index (χ2n) is 5.52. The molecule has 1 fully saturated rings. The second kappa shape index (κ2) is 7.29. The van der Waals surface area contributed by atoms with Crippen molar-refractivity contribution in [2.24, 2.45) is 5.92 Å². The summed E-state index contributed by atoms with van der Waals surface area (Å²) in [4.78, 5) is 15.4. The first-order valence-corrected chi connectivity index (χ1v) is 7.26. The lowest BCUT2D eigenvalue weighted by atomic mass is 9.99. The first kappa shape index (κ1) is 14.9. The van der Waals surface area contributed by atoms with E-state index >= 15 is 0 Å². The molecule has 1 aliphatic heterocycles. The highest BCUT2D eigenvalue weighted by Gasteiger charge is 2.20. The highest BCUT2D eigenvalue weighted by Crippen LogP contribution is 2.22. The van der Waals surface area contributed by atoms with E-state index in [1.165, 1.54) is 0 Å². The van der Waals surface area contributed by atoms with E-state index in [-0.39, 0.29) is 0 Å². The summed E-state index contributed by atoms with van der Waals surface area (Å²) in [6, 6.07) is 0. The van der Waals surface area contributed by atoms with Crippen molar-refractivity contribution in [3.05, 3.63) is 35.7 Å². The largest absolute Gasteiger partial charge is 0.381 e. The van der Waals surface area contributed by atoms with Crippen molar-refractivity contribution >= 4 is 6.41 Å². The summed E-state index contributed by atoms with van der Waals surface area (Å²) in [6.07, 6.45) is 12.3. The molecular weight excluding hydrogens is 252 g/mol. The first-order chi connectivity index (χ1) is 9.72. The first-order valence-electron chi connectivity index (χ1n) is 7.26. The van der Waals surface area contributed by atoms with Gasteiger partial charge in [-0.25, -0.2) is 0 Å². The Morgan fingerprint density at radius 1 is 1.20 bits per heavy atom. The molecule has 20 heavy (non-hydrogen) atoms. The van der Waals surface area contributed by atoms with Gasteiger partial charge in [0, 0.05) is 33.9 Å². The topological polar surface area (TPSA) is 32.8 Å². The van der Waals surface area contributed by atoms with Crippen LogP contribution < -0.4 is 0 Å². The third-order valence-corrected chi connectivity index (χ3v) is 3.80. The third kappa shape index (κ3) is 3.73. The van der Waals surface area contributed by atoms with E-state index in [1.807, 2.05) is 19.0 Å². The molecule has 1 amide bonds. The van der Waals surface area contributed by atoms with Crippen molar-refractivity contribution in [2.45, 2.75) is 19.3 Å². The van der Waals surface area contributed by atoms with E-state index in [1.54, 1.807) is 0 Å².